The molecule has 72 heavy (non-hydrogen) atoms. The summed E-state index contributed by atoms with van der Waals surface area (Å²) < 4.78 is 48.7. The summed E-state index contributed by atoms with van der Waals surface area (Å²) in [6.45, 7) is 14.7. The molecule has 1 spiro atoms. The molecule has 2 saturated carbocycles. The summed E-state index contributed by atoms with van der Waals surface area (Å²) in [5.41, 5.74) is 4.33. The first kappa shape index (κ1) is 50.0. The van der Waals surface area contributed by atoms with Crippen molar-refractivity contribution in [2.24, 2.45) is 16.5 Å². The van der Waals surface area contributed by atoms with E-state index < -0.39 is 21.5 Å². The van der Waals surface area contributed by atoms with Crippen molar-refractivity contribution in [1.82, 2.24) is 24.5 Å². The molecule has 16 nitrogen and oxygen atoms in total. The molecule has 3 aromatic carbocycles. The number of hydrogen-bond donors (Lipinski definition) is 4. The number of piperidine rings is 1. The number of morpholine rings is 1. The van der Waals surface area contributed by atoms with Crippen LogP contribution in [0.15, 0.2) is 89.1 Å². The maximum absolute atomic E-state index is 14.3. The number of H-pyrrole nitrogens is 1. The number of ether oxygens (including phenoxy) is 3. The number of sulfonamides is 1. The van der Waals surface area contributed by atoms with Gasteiger partial charge in [0.2, 0.25) is 0 Å². The molecule has 2 aliphatic carbocycles. The highest BCUT2D eigenvalue weighted by Gasteiger charge is 2.49. The minimum atomic E-state index is -4.50. The van der Waals surface area contributed by atoms with Gasteiger partial charge in [-0.05, 0) is 140 Å². The van der Waals surface area contributed by atoms with Crippen molar-refractivity contribution in [2.75, 3.05) is 82.4 Å². The zero-order valence-corrected chi connectivity index (χ0v) is 42.7. The van der Waals surface area contributed by atoms with E-state index in [1.165, 1.54) is 42.5 Å². The number of amides is 1. The Balaban J connectivity index is 0.870. The standard InChI is InChI=1S/C55H70N8O8S/c1-37(2)42-7-4-5-8-43(42)44-9-6-10-48(44)63-35-55(36-63)20-23-62(24-21-55)40-11-13-45(49(32-40)71-50-31-39-17-22-56-51(39)58-53(50)70-30-27-61-25-28-69-29-26-61)52(64)60-72(67,68)41-12-14-46(47(33-41)59-66)57-34-38-15-18-54(3,65)19-16-38/h4-5,7-8,11-14,17,22,31-33,37-38,44,48,57,65H,6,9-10,15-16,18-21,23-30,34-36H2,1-3H3,(H,56,58)(H,60,64)/t38?,44-,48-,54?/m0/s1. The second-order valence-electron chi connectivity index (χ2n) is 21.6. The summed E-state index contributed by atoms with van der Waals surface area (Å²) >= 11 is 0. The molecule has 5 fully saturated rings. The first-order chi connectivity index (χ1) is 34.7. The number of nitrogens with zero attached hydrogens (tertiary/aromatic N) is 5. The highest BCUT2D eigenvalue weighted by atomic mass is 32.2. The van der Waals surface area contributed by atoms with E-state index in [0.717, 1.165) is 82.1 Å². The number of nitrogens with one attached hydrogen (secondary N) is 3. The van der Waals surface area contributed by atoms with Gasteiger partial charge in [0.05, 0.1) is 35.0 Å². The second kappa shape index (κ2) is 21.1. The molecule has 0 unspecified atom stereocenters. The van der Waals surface area contributed by atoms with Crippen LogP contribution in [0.5, 0.6) is 17.4 Å². The van der Waals surface area contributed by atoms with Crippen molar-refractivity contribution in [2.45, 2.75) is 107 Å². The maximum atomic E-state index is 14.3. The van der Waals surface area contributed by atoms with Crippen molar-refractivity contribution in [1.29, 1.82) is 0 Å². The molecule has 5 aliphatic rings. The molecular formula is C55H70N8O8S. The molecule has 1 amide bonds. The number of aromatic nitrogens is 2. The van der Waals surface area contributed by atoms with E-state index in [2.05, 4.69) is 73.0 Å². The molecule has 5 aromatic rings. The summed E-state index contributed by atoms with van der Waals surface area (Å²) in [6, 6.07) is 22.6. The third kappa shape index (κ3) is 11.0. The van der Waals surface area contributed by atoms with Gasteiger partial charge in [-0.15, -0.1) is 4.91 Å². The van der Waals surface area contributed by atoms with Gasteiger partial charge in [0, 0.05) is 81.7 Å². The number of aromatic amines is 1. The summed E-state index contributed by atoms with van der Waals surface area (Å²) in [5.74, 6) is 1.08. The van der Waals surface area contributed by atoms with Gasteiger partial charge in [-0.1, -0.05) is 44.5 Å². The molecule has 384 valence electrons. The van der Waals surface area contributed by atoms with Crippen LogP contribution in [-0.4, -0.2) is 123 Å². The zero-order valence-electron chi connectivity index (χ0n) is 41.9. The van der Waals surface area contributed by atoms with Crippen molar-refractivity contribution >= 4 is 44.0 Å². The SMILES string of the molecule is CC(C)c1ccccc1[C@@H]1CCC[C@@H]1N1CC2(CCN(c3ccc(C(=O)NS(=O)(=O)c4ccc(NCC5CCC(C)(O)CC5)c(N=O)c4)c(Oc4cc5cc[nH]c5nc4OCCN4CCOCC4)c3)CC2)C1. The summed E-state index contributed by atoms with van der Waals surface area (Å²) in [6.07, 6.45) is 10.6. The van der Waals surface area contributed by atoms with E-state index in [9.17, 15) is 23.2 Å². The molecule has 0 radical (unpaired) electrons. The molecule has 3 aliphatic heterocycles. The number of nitroso groups, excluding NO2 is 1. The van der Waals surface area contributed by atoms with Crippen LogP contribution in [0.2, 0.25) is 0 Å². The third-order valence-corrected chi connectivity index (χ3v) is 17.6. The van der Waals surface area contributed by atoms with E-state index in [0.29, 0.717) is 75.0 Å². The Morgan fingerprint density at radius 3 is 2.49 bits per heavy atom. The monoisotopic (exact) mass is 1000 g/mol. The van der Waals surface area contributed by atoms with Crippen LogP contribution in [-0.2, 0) is 14.8 Å². The number of likely N-dealkylation sites (tertiary alicyclic amines) is 1. The Kier molecular flexibility index (Phi) is 14.6. The van der Waals surface area contributed by atoms with E-state index >= 15 is 0 Å². The van der Waals surface area contributed by atoms with Crippen molar-refractivity contribution in [3.05, 3.63) is 101 Å². The molecule has 5 heterocycles. The van der Waals surface area contributed by atoms with Crippen molar-refractivity contribution < 1.29 is 32.5 Å². The summed E-state index contributed by atoms with van der Waals surface area (Å²) in [4.78, 5) is 41.4. The molecule has 4 N–H and O–H groups in total. The smallest absolute Gasteiger partial charge is 0.268 e. The van der Waals surface area contributed by atoms with Gasteiger partial charge in [-0.3, -0.25) is 14.6 Å². The van der Waals surface area contributed by atoms with Crippen LogP contribution in [0, 0.1) is 16.2 Å². The van der Waals surface area contributed by atoms with Crippen LogP contribution < -0.4 is 24.4 Å². The van der Waals surface area contributed by atoms with Gasteiger partial charge >= 0.3 is 0 Å². The Morgan fingerprint density at radius 2 is 1.72 bits per heavy atom. The van der Waals surface area contributed by atoms with E-state index in [4.69, 9.17) is 19.2 Å². The van der Waals surface area contributed by atoms with Crippen LogP contribution in [0.25, 0.3) is 11.0 Å². The maximum Gasteiger partial charge on any atom is 0.268 e. The third-order valence-electron chi connectivity index (χ3n) is 16.2. The molecule has 0 bridgehead atoms. The van der Waals surface area contributed by atoms with Gasteiger partial charge in [0.25, 0.3) is 21.8 Å². The highest BCUT2D eigenvalue weighted by Crippen LogP contribution is 2.49. The number of carbonyl (C=O) groups is 1. The Bertz CT molecular complexity index is 2840. The number of pyridine rings is 1. The van der Waals surface area contributed by atoms with Gasteiger partial charge in [0.15, 0.2) is 5.75 Å². The highest BCUT2D eigenvalue weighted by molar-refractivity contribution is 7.90. The van der Waals surface area contributed by atoms with Crippen LogP contribution in [0.1, 0.15) is 112 Å². The molecule has 2 atom stereocenters. The van der Waals surface area contributed by atoms with Crippen LogP contribution in [0.3, 0.4) is 0 Å². The average molecular weight is 1000 g/mol. The lowest BCUT2D eigenvalue weighted by atomic mass is 9.70. The predicted octanol–water partition coefficient (Wildman–Crippen LogP) is 9.30. The minimum absolute atomic E-state index is 0.0116. The summed E-state index contributed by atoms with van der Waals surface area (Å²) in [7, 11) is -4.50. The van der Waals surface area contributed by atoms with E-state index in [1.54, 1.807) is 18.3 Å². The fourth-order valence-corrected chi connectivity index (χ4v) is 12.9. The van der Waals surface area contributed by atoms with Gasteiger partial charge in [-0.25, -0.2) is 13.1 Å². The van der Waals surface area contributed by atoms with Crippen LogP contribution >= 0.6 is 0 Å². The van der Waals surface area contributed by atoms with E-state index in [-0.39, 0.29) is 44.9 Å². The zero-order chi connectivity index (χ0) is 50.0. The number of hydrogen-bond acceptors (Lipinski definition) is 14. The predicted molar refractivity (Wildman–Crippen MR) is 279 cm³/mol. The number of rotatable bonds is 17. The molecular weight excluding hydrogens is 933 g/mol. The largest absolute Gasteiger partial charge is 0.474 e. The quantitative estimate of drug-likeness (QED) is 0.0646. The molecule has 3 saturated heterocycles. The second-order valence-corrected chi connectivity index (χ2v) is 23.3. The van der Waals surface area contributed by atoms with Gasteiger partial charge in [-0.2, -0.15) is 4.98 Å². The molecule has 17 heteroatoms. The fraction of sp³-hybridized carbons (Fsp3) is 0.527. The Morgan fingerprint density at radius 1 is 0.944 bits per heavy atom. The molecule has 10 rings (SSSR count). The van der Waals surface area contributed by atoms with E-state index in [1.807, 2.05) is 25.1 Å². The van der Waals surface area contributed by atoms with Crippen molar-refractivity contribution in [3.63, 3.8) is 0 Å². The van der Waals surface area contributed by atoms with Crippen molar-refractivity contribution in [3.8, 4) is 17.4 Å². The lowest BCUT2D eigenvalue weighted by Gasteiger charge is -2.57. The number of aliphatic hydroxyl groups is 1. The fourth-order valence-electron chi connectivity index (χ4n) is 11.9. The number of benzene rings is 3. The van der Waals surface area contributed by atoms with Gasteiger partial charge < -0.3 is 34.5 Å². The lowest BCUT2D eigenvalue weighted by Crippen LogP contribution is -2.63. The normalized spacial score (nSPS) is 23.8. The first-order valence-electron chi connectivity index (χ1n) is 26.1. The summed E-state index contributed by atoms with van der Waals surface area (Å²) in [5, 5.41) is 17.5. The first-order valence-corrected chi connectivity index (χ1v) is 27.6. The Labute approximate surface area is 423 Å². The number of anilines is 2. The minimum Gasteiger partial charge on any atom is -0.474 e. The van der Waals surface area contributed by atoms with Gasteiger partial charge in [0.1, 0.15) is 23.7 Å². The van der Waals surface area contributed by atoms with Crippen LogP contribution in [0.4, 0.5) is 17.1 Å². The number of fused-ring (bicyclic) bond motifs is 1. The lowest BCUT2D eigenvalue weighted by molar-refractivity contribution is -0.0493. The average Bonchev–Trinajstić information content (AvgIpc) is 4.05. The molecule has 2 aromatic heterocycles. The Hall–Kier alpha value is -5.59. The number of carbonyl (C=O) groups excluding carboxylic acids is 1. The topological polar surface area (TPSA) is 191 Å².